The zero-order chi connectivity index (χ0) is 28.1. The first-order valence-corrected chi connectivity index (χ1v) is 13.4. The van der Waals surface area contributed by atoms with Crippen LogP contribution in [-0.4, -0.2) is 46.9 Å². The number of halogens is 1. The fraction of sp³-hybridized carbons (Fsp3) is 0.267. The number of carbonyl (C=O) groups excluding carboxylic acids is 1. The molecule has 9 nitrogen and oxygen atoms in total. The highest BCUT2D eigenvalue weighted by Crippen LogP contribution is 2.25. The number of nitrogens with zero attached hydrogens (tertiary/aromatic N) is 4. The second-order valence-corrected chi connectivity index (χ2v) is 10.1. The summed E-state index contributed by atoms with van der Waals surface area (Å²) in [6.45, 7) is 4.26. The van der Waals surface area contributed by atoms with Gasteiger partial charge in [0.1, 0.15) is 0 Å². The van der Waals surface area contributed by atoms with Gasteiger partial charge in [0.05, 0.1) is 41.4 Å². The number of morpholine rings is 1. The average Bonchev–Trinajstić information content (AvgIpc) is 2.97. The van der Waals surface area contributed by atoms with Gasteiger partial charge >= 0.3 is 0 Å². The molecule has 204 valence electrons. The molecule has 1 aliphatic rings. The first kappa shape index (κ1) is 27.3. The van der Waals surface area contributed by atoms with Crippen molar-refractivity contribution in [3.05, 3.63) is 104 Å². The Hall–Kier alpha value is -4.23. The van der Waals surface area contributed by atoms with Crippen molar-refractivity contribution in [2.24, 2.45) is 7.05 Å². The monoisotopic (exact) mass is 556 g/mol. The van der Waals surface area contributed by atoms with E-state index in [1.165, 1.54) is 0 Å². The molecule has 0 bridgehead atoms. The SMILES string of the molecule is Cn1nc(C(=O)NCc2ccc(Cl)cc2)c(=O)c2cc(CN3CCOCC3)cc(NCc3cccc(C#N)c3)c21. The predicted molar refractivity (Wildman–Crippen MR) is 154 cm³/mol. The van der Waals surface area contributed by atoms with E-state index < -0.39 is 11.3 Å². The number of amides is 1. The molecule has 3 aromatic carbocycles. The zero-order valence-corrected chi connectivity index (χ0v) is 22.9. The van der Waals surface area contributed by atoms with Crippen LogP contribution in [0.15, 0.2) is 65.5 Å². The van der Waals surface area contributed by atoms with Crippen molar-refractivity contribution >= 4 is 34.1 Å². The van der Waals surface area contributed by atoms with Crippen LogP contribution in [-0.2, 0) is 31.4 Å². The maximum Gasteiger partial charge on any atom is 0.276 e. The van der Waals surface area contributed by atoms with Crippen molar-refractivity contribution in [3.8, 4) is 6.07 Å². The first-order valence-electron chi connectivity index (χ1n) is 13.0. The Bertz CT molecular complexity index is 1640. The number of nitriles is 1. The van der Waals surface area contributed by atoms with Crippen LogP contribution >= 0.6 is 11.6 Å². The summed E-state index contributed by atoms with van der Waals surface area (Å²) in [4.78, 5) is 29.0. The molecular weight excluding hydrogens is 528 g/mol. The Kier molecular flexibility index (Phi) is 8.41. The Balaban J connectivity index is 1.49. The smallest absolute Gasteiger partial charge is 0.276 e. The molecule has 0 atom stereocenters. The van der Waals surface area contributed by atoms with Gasteiger partial charge in [-0.15, -0.1) is 0 Å². The predicted octanol–water partition coefficient (Wildman–Crippen LogP) is 3.83. The highest BCUT2D eigenvalue weighted by molar-refractivity contribution is 6.30. The molecule has 0 saturated carbocycles. The molecular formula is C30H29ClN6O3. The molecule has 1 saturated heterocycles. The van der Waals surface area contributed by atoms with Gasteiger partial charge in [0, 0.05) is 44.8 Å². The van der Waals surface area contributed by atoms with Gasteiger partial charge in [-0.25, -0.2) is 0 Å². The summed E-state index contributed by atoms with van der Waals surface area (Å²) in [5.41, 5.74) is 4.04. The molecule has 1 aromatic heterocycles. The van der Waals surface area contributed by atoms with Gasteiger partial charge in [-0.2, -0.15) is 10.4 Å². The molecule has 0 radical (unpaired) electrons. The Labute approximate surface area is 236 Å². The molecule has 1 aliphatic heterocycles. The van der Waals surface area contributed by atoms with E-state index >= 15 is 0 Å². The van der Waals surface area contributed by atoms with Gasteiger partial charge in [-0.3, -0.25) is 19.2 Å². The summed E-state index contributed by atoms with van der Waals surface area (Å²) in [6.07, 6.45) is 0. The third-order valence-corrected chi connectivity index (χ3v) is 7.09. The van der Waals surface area contributed by atoms with Crippen molar-refractivity contribution in [2.75, 3.05) is 31.6 Å². The summed E-state index contributed by atoms with van der Waals surface area (Å²) in [5, 5.41) is 20.9. The van der Waals surface area contributed by atoms with Crippen LogP contribution in [0.1, 0.15) is 32.7 Å². The van der Waals surface area contributed by atoms with Gasteiger partial charge in [0.2, 0.25) is 5.43 Å². The summed E-state index contributed by atoms with van der Waals surface area (Å²) >= 11 is 5.95. The van der Waals surface area contributed by atoms with E-state index in [2.05, 4.69) is 26.7 Å². The molecule has 1 amide bonds. The maximum atomic E-state index is 13.7. The highest BCUT2D eigenvalue weighted by Gasteiger charge is 2.20. The summed E-state index contributed by atoms with van der Waals surface area (Å²) < 4.78 is 7.06. The van der Waals surface area contributed by atoms with Crippen molar-refractivity contribution in [3.63, 3.8) is 0 Å². The van der Waals surface area contributed by atoms with Crippen LogP contribution in [0, 0.1) is 11.3 Å². The van der Waals surface area contributed by atoms with Crippen LogP contribution < -0.4 is 16.1 Å². The van der Waals surface area contributed by atoms with Gasteiger partial charge in [-0.05, 0) is 53.1 Å². The average molecular weight is 557 g/mol. The molecule has 2 N–H and O–H groups in total. The minimum Gasteiger partial charge on any atom is -0.379 e. The molecule has 40 heavy (non-hydrogen) atoms. The largest absolute Gasteiger partial charge is 0.379 e. The van der Waals surface area contributed by atoms with Crippen molar-refractivity contribution in [1.29, 1.82) is 5.26 Å². The lowest BCUT2D eigenvalue weighted by Crippen LogP contribution is -2.35. The van der Waals surface area contributed by atoms with Crippen molar-refractivity contribution < 1.29 is 9.53 Å². The number of rotatable bonds is 8. The summed E-state index contributed by atoms with van der Waals surface area (Å²) in [6, 6.07) is 20.5. The van der Waals surface area contributed by atoms with E-state index in [0.29, 0.717) is 47.8 Å². The van der Waals surface area contributed by atoms with Crippen LogP contribution in [0.25, 0.3) is 10.9 Å². The molecule has 0 aliphatic carbocycles. The highest BCUT2D eigenvalue weighted by atomic mass is 35.5. The first-order chi connectivity index (χ1) is 19.4. The van der Waals surface area contributed by atoms with Gasteiger partial charge in [-0.1, -0.05) is 35.9 Å². The van der Waals surface area contributed by atoms with Crippen LogP contribution in [0.5, 0.6) is 0 Å². The van der Waals surface area contributed by atoms with Gasteiger partial charge in [0.15, 0.2) is 5.69 Å². The number of fused-ring (bicyclic) bond motifs is 1. The lowest BCUT2D eigenvalue weighted by Gasteiger charge is -2.27. The van der Waals surface area contributed by atoms with Crippen molar-refractivity contribution in [1.82, 2.24) is 20.0 Å². The molecule has 0 spiro atoms. The number of hydrogen-bond acceptors (Lipinski definition) is 7. The van der Waals surface area contributed by atoms with E-state index in [0.717, 1.165) is 35.5 Å². The van der Waals surface area contributed by atoms with E-state index in [9.17, 15) is 14.9 Å². The number of anilines is 1. The Morgan fingerprint density at radius 1 is 1.05 bits per heavy atom. The quantitative estimate of drug-likeness (QED) is 0.339. The van der Waals surface area contributed by atoms with Crippen LogP contribution in [0.3, 0.4) is 0 Å². The minimum atomic E-state index is -0.543. The fourth-order valence-corrected chi connectivity index (χ4v) is 4.92. The third kappa shape index (κ3) is 6.32. The van der Waals surface area contributed by atoms with Crippen LogP contribution in [0.2, 0.25) is 5.02 Å². The lowest BCUT2D eigenvalue weighted by molar-refractivity contribution is 0.0342. The number of benzene rings is 3. The standard InChI is InChI=1S/C30H29ClN6O3/c1-36-28-25(29(38)27(35-36)30(39)34-17-20-5-7-24(31)8-6-20)14-23(19-37-9-11-40-12-10-37)15-26(28)33-18-22-4-2-3-21(13-22)16-32/h2-8,13-15,33H,9-12,17-19H2,1H3,(H,34,39). The number of hydrogen-bond donors (Lipinski definition) is 2. The molecule has 10 heteroatoms. The molecule has 0 unspecified atom stereocenters. The van der Waals surface area contributed by atoms with Crippen LogP contribution in [0.4, 0.5) is 5.69 Å². The normalized spacial score (nSPS) is 13.6. The number of ether oxygens (including phenoxy) is 1. The second kappa shape index (κ2) is 12.3. The number of aromatic nitrogens is 2. The number of aryl methyl sites for hydroxylation is 1. The van der Waals surface area contributed by atoms with Gasteiger partial charge in [0.25, 0.3) is 5.91 Å². The minimum absolute atomic E-state index is 0.167. The number of nitrogens with one attached hydrogen (secondary N) is 2. The molecule has 5 rings (SSSR count). The molecule has 1 fully saturated rings. The van der Waals surface area contributed by atoms with E-state index in [-0.39, 0.29) is 12.2 Å². The van der Waals surface area contributed by atoms with Crippen molar-refractivity contribution in [2.45, 2.75) is 19.6 Å². The van der Waals surface area contributed by atoms with E-state index in [1.807, 2.05) is 42.5 Å². The van der Waals surface area contributed by atoms with Gasteiger partial charge < -0.3 is 15.4 Å². The van der Waals surface area contributed by atoms with E-state index in [1.54, 1.807) is 29.9 Å². The molecule has 4 aromatic rings. The zero-order valence-electron chi connectivity index (χ0n) is 22.1. The number of carbonyl (C=O) groups is 1. The maximum absolute atomic E-state index is 13.7. The Morgan fingerprint density at radius 2 is 1.82 bits per heavy atom. The topological polar surface area (TPSA) is 112 Å². The Morgan fingerprint density at radius 3 is 2.58 bits per heavy atom. The second-order valence-electron chi connectivity index (χ2n) is 9.70. The third-order valence-electron chi connectivity index (χ3n) is 6.83. The summed E-state index contributed by atoms with van der Waals surface area (Å²) in [5.74, 6) is -0.543. The van der Waals surface area contributed by atoms with E-state index in [4.69, 9.17) is 16.3 Å². The fourth-order valence-electron chi connectivity index (χ4n) is 4.80. The lowest BCUT2D eigenvalue weighted by atomic mass is 10.1. The molecule has 2 heterocycles. The summed E-state index contributed by atoms with van der Waals surface area (Å²) in [7, 11) is 1.72.